The Hall–Kier alpha value is -6.44. The Morgan fingerprint density at radius 1 is 0.558 bits per heavy atom. The van der Waals surface area contributed by atoms with Crippen molar-refractivity contribution in [2.24, 2.45) is 0 Å². The normalized spacial score (nSPS) is 24.7. The van der Waals surface area contributed by atoms with E-state index in [4.69, 9.17) is 4.42 Å². The van der Waals surface area contributed by atoms with Crippen molar-refractivity contribution >= 4 is 34.9 Å². The molecule has 1 spiro atoms. The second-order valence-corrected chi connectivity index (χ2v) is 13.3. The highest BCUT2D eigenvalue weighted by atomic mass is 16.3. The van der Waals surface area contributed by atoms with Crippen molar-refractivity contribution < 1.29 is 4.42 Å². The first-order chi connectivity index (χ1) is 25.6. The van der Waals surface area contributed by atoms with E-state index < -0.39 is 5.41 Å². The zero-order chi connectivity index (χ0) is 35.5. The van der Waals surface area contributed by atoms with Crippen molar-refractivity contribution in [3.63, 3.8) is 0 Å². The van der Waals surface area contributed by atoms with Crippen molar-refractivity contribution in [3.05, 3.63) is 250 Å². The number of allylic oxidation sites excluding steroid dienone is 22. The fourth-order valence-corrected chi connectivity index (χ4v) is 8.07. The van der Waals surface area contributed by atoms with Crippen LogP contribution in [0.4, 0.5) is 0 Å². The Balaban J connectivity index is 1.41. The van der Waals surface area contributed by atoms with Gasteiger partial charge in [0.15, 0.2) is 0 Å². The first-order valence-electron chi connectivity index (χ1n) is 17.9. The van der Waals surface area contributed by atoms with Gasteiger partial charge in [0.1, 0.15) is 11.5 Å². The maximum absolute atomic E-state index is 6.29. The standard InChI is InChI=1S/C51H40O/c1-4-5-33-49-37(3)40-25-14-18-30-45-42(27-17-21-34-50(40)52-49)41-26-15-19-31-46(41)51(45)47-32-20-16-28-43(47)44-35-38(39-24-13-12-22-36(39)2)23-10-8-6-7-9-11-29-48(44)51/h4-35H,1H2,2-3H3/b7-6?,8-6+,9-7+,10-8?,11-9?,18-14?,21-17?,23-10-,25-14+,27-17-,29-11+,30-18+,33-5-,34-21-,38-23?,38-35+,40-25?,42-27?,44-35?,45-30?,48-29?,50-34?. The van der Waals surface area contributed by atoms with Crippen molar-refractivity contribution in [1.82, 2.24) is 0 Å². The topological polar surface area (TPSA) is 13.1 Å². The fraction of sp³-hybridized carbons (Fsp3) is 0.0588. The number of benzene rings is 3. The van der Waals surface area contributed by atoms with E-state index in [9.17, 15) is 0 Å². The monoisotopic (exact) mass is 668 g/mol. The summed E-state index contributed by atoms with van der Waals surface area (Å²) in [6.45, 7) is 8.13. The minimum absolute atomic E-state index is 0.541. The average molecular weight is 669 g/mol. The molecule has 4 aromatic rings. The van der Waals surface area contributed by atoms with E-state index in [-0.39, 0.29) is 0 Å². The van der Waals surface area contributed by atoms with Crippen LogP contribution in [0, 0.1) is 13.8 Å². The molecule has 0 radical (unpaired) electrons. The Kier molecular flexibility index (Phi) is 8.85. The zero-order valence-corrected chi connectivity index (χ0v) is 29.6. The van der Waals surface area contributed by atoms with Crippen LogP contribution < -0.4 is 0 Å². The maximum Gasteiger partial charge on any atom is 0.135 e. The first-order valence-corrected chi connectivity index (χ1v) is 17.9. The van der Waals surface area contributed by atoms with Crippen molar-refractivity contribution in [3.8, 4) is 0 Å². The third-order valence-corrected chi connectivity index (χ3v) is 10.4. The third-order valence-electron chi connectivity index (χ3n) is 10.4. The molecule has 1 heterocycles. The molecule has 1 atom stereocenters. The molecule has 0 N–H and O–H groups in total. The number of hydrogen-bond donors (Lipinski definition) is 0. The minimum Gasteiger partial charge on any atom is -0.456 e. The second-order valence-electron chi connectivity index (χ2n) is 13.3. The zero-order valence-electron chi connectivity index (χ0n) is 29.6. The summed E-state index contributed by atoms with van der Waals surface area (Å²) in [5.74, 6) is 1.67. The highest BCUT2D eigenvalue weighted by molar-refractivity contribution is 6.02. The molecule has 3 aromatic carbocycles. The van der Waals surface area contributed by atoms with Crippen molar-refractivity contribution in [1.29, 1.82) is 0 Å². The van der Waals surface area contributed by atoms with Crippen LogP contribution in [0.2, 0.25) is 0 Å². The number of fused-ring (bicyclic) bond motifs is 9. The highest BCUT2D eigenvalue weighted by Gasteiger charge is 2.52. The molecule has 0 fully saturated rings. The Morgan fingerprint density at radius 2 is 1.12 bits per heavy atom. The van der Waals surface area contributed by atoms with Crippen molar-refractivity contribution in [2.75, 3.05) is 0 Å². The lowest BCUT2D eigenvalue weighted by atomic mass is 9.68. The van der Waals surface area contributed by atoms with E-state index in [1.165, 1.54) is 61.2 Å². The van der Waals surface area contributed by atoms with Gasteiger partial charge in [-0.1, -0.05) is 183 Å². The quantitative estimate of drug-likeness (QED) is 0.198. The molecule has 1 unspecified atom stereocenters. The second kappa shape index (κ2) is 14.1. The van der Waals surface area contributed by atoms with Gasteiger partial charge in [0, 0.05) is 11.1 Å². The summed E-state index contributed by atoms with van der Waals surface area (Å²) >= 11 is 0. The molecule has 0 saturated carbocycles. The van der Waals surface area contributed by atoms with Gasteiger partial charge in [-0.15, -0.1) is 0 Å². The van der Waals surface area contributed by atoms with Gasteiger partial charge in [-0.2, -0.15) is 0 Å². The Labute approximate surface area is 307 Å². The van der Waals surface area contributed by atoms with E-state index in [1.54, 1.807) is 6.08 Å². The molecule has 1 aromatic heterocycles. The Bertz CT molecular complexity index is 2480. The van der Waals surface area contributed by atoms with E-state index in [0.717, 1.165) is 22.6 Å². The molecular formula is C51H40O. The maximum atomic E-state index is 6.29. The molecule has 0 aliphatic heterocycles. The molecule has 52 heavy (non-hydrogen) atoms. The van der Waals surface area contributed by atoms with Gasteiger partial charge in [-0.25, -0.2) is 0 Å². The van der Waals surface area contributed by atoms with E-state index >= 15 is 0 Å². The largest absolute Gasteiger partial charge is 0.456 e. The van der Waals surface area contributed by atoms with Crippen molar-refractivity contribution in [2.45, 2.75) is 19.3 Å². The van der Waals surface area contributed by atoms with Crippen LogP contribution in [0.1, 0.15) is 56.0 Å². The fourth-order valence-electron chi connectivity index (χ4n) is 8.07. The Morgan fingerprint density at radius 3 is 1.85 bits per heavy atom. The predicted octanol–water partition coefficient (Wildman–Crippen LogP) is 13.1. The first kappa shape index (κ1) is 32.7. The van der Waals surface area contributed by atoms with Crippen LogP contribution in [0.15, 0.2) is 198 Å². The lowest BCUT2D eigenvalue weighted by molar-refractivity contribution is 0.544. The van der Waals surface area contributed by atoms with Gasteiger partial charge in [-0.05, 0) is 93.3 Å². The van der Waals surface area contributed by atoms with Gasteiger partial charge in [0.25, 0.3) is 0 Å². The summed E-state index contributed by atoms with van der Waals surface area (Å²) < 4.78 is 6.29. The molecule has 250 valence electrons. The van der Waals surface area contributed by atoms with Crippen LogP contribution >= 0.6 is 0 Å². The molecule has 4 aliphatic rings. The van der Waals surface area contributed by atoms with E-state index in [0.29, 0.717) is 0 Å². The number of hydrogen-bond acceptors (Lipinski definition) is 1. The lowest BCUT2D eigenvalue weighted by Crippen LogP contribution is -2.27. The molecule has 4 aliphatic carbocycles. The number of furan rings is 1. The van der Waals surface area contributed by atoms with Crippen LogP contribution in [-0.4, -0.2) is 0 Å². The summed E-state index contributed by atoms with van der Waals surface area (Å²) in [5.41, 5.74) is 15.3. The molecule has 0 saturated heterocycles. The lowest BCUT2D eigenvalue weighted by Gasteiger charge is -2.32. The highest BCUT2D eigenvalue weighted by Crippen LogP contribution is 2.62. The summed E-state index contributed by atoms with van der Waals surface area (Å²) in [7, 11) is 0. The van der Waals surface area contributed by atoms with E-state index in [1.807, 2.05) is 12.2 Å². The SMILES string of the molecule is C=C/C=C\c1oc2c(c1C)/C=C/C=C/C1=C(/C=C\C=C/2)c2ccccc2C12C1=C(\C=C(c3ccccc3C)/C=C\C=C\C=C\C=C\1)c1ccccc12. The molecule has 1 nitrogen and oxygen atoms in total. The minimum atomic E-state index is -0.541. The average Bonchev–Trinajstić information content (AvgIpc) is 3.71. The van der Waals surface area contributed by atoms with E-state index in [2.05, 4.69) is 197 Å². The molecule has 1 heteroatoms. The van der Waals surface area contributed by atoms with Crippen LogP contribution in [-0.2, 0) is 5.41 Å². The van der Waals surface area contributed by atoms with Crippen LogP contribution in [0.25, 0.3) is 34.9 Å². The van der Waals surface area contributed by atoms with Gasteiger partial charge in [-0.3, -0.25) is 0 Å². The summed E-state index contributed by atoms with van der Waals surface area (Å²) in [6, 6.07) is 26.6. The third kappa shape index (κ3) is 5.52. The number of aryl methyl sites for hydroxylation is 1. The molecule has 0 amide bonds. The van der Waals surface area contributed by atoms with Gasteiger partial charge in [0.2, 0.25) is 0 Å². The predicted molar refractivity (Wildman–Crippen MR) is 222 cm³/mol. The number of rotatable bonds is 3. The molecule has 8 rings (SSSR count). The molecular weight excluding hydrogens is 629 g/mol. The van der Waals surface area contributed by atoms with Crippen LogP contribution in [0.3, 0.4) is 0 Å². The van der Waals surface area contributed by atoms with Crippen LogP contribution in [0.5, 0.6) is 0 Å². The smallest absolute Gasteiger partial charge is 0.135 e. The van der Waals surface area contributed by atoms with Gasteiger partial charge >= 0.3 is 0 Å². The van der Waals surface area contributed by atoms with Gasteiger partial charge < -0.3 is 4.42 Å². The molecule has 0 bridgehead atoms. The summed E-state index contributed by atoms with van der Waals surface area (Å²) in [5, 5.41) is 0. The summed E-state index contributed by atoms with van der Waals surface area (Å²) in [4.78, 5) is 0. The van der Waals surface area contributed by atoms with Gasteiger partial charge in [0.05, 0.1) is 5.41 Å². The summed E-state index contributed by atoms with van der Waals surface area (Å²) in [6.07, 6.45) is 42.8.